The molecule has 1 unspecified atom stereocenters. The van der Waals surface area contributed by atoms with Crippen LogP contribution in [0, 0.1) is 0 Å². The number of ether oxygens (including phenoxy) is 1. The van der Waals surface area contributed by atoms with Gasteiger partial charge in [0.05, 0.1) is 0 Å². The molecule has 0 saturated carbocycles. The summed E-state index contributed by atoms with van der Waals surface area (Å²) in [6.45, 7) is 4.11. The van der Waals surface area contributed by atoms with Crippen LogP contribution in [0.25, 0.3) is 0 Å². The zero-order chi connectivity index (χ0) is 11.4. The number of rotatable bonds is 4. The Hall–Kier alpha value is -1.09. The lowest BCUT2D eigenvalue weighted by Crippen LogP contribution is -2.35. The summed E-state index contributed by atoms with van der Waals surface area (Å²) in [6, 6.07) is 10.0. The monoisotopic (exact) mass is 223 g/mol. The fourth-order valence-corrected chi connectivity index (χ4v) is 1.98. The number of alkyl halides is 1. The van der Waals surface area contributed by atoms with Crippen molar-refractivity contribution < 1.29 is 9.13 Å². The fourth-order valence-electron chi connectivity index (χ4n) is 1.98. The summed E-state index contributed by atoms with van der Waals surface area (Å²) in [4.78, 5) is 2.15. The van der Waals surface area contributed by atoms with Crippen molar-refractivity contribution in [3.05, 3.63) is 30.3 Å². The van der Waals surface area contributed by atoms with E-state index in [1.54, 1.807) is 0 Å². The molecule has 2 nitrogen and oxygen atoms in total. The lowest BCUT2D eigenvalue weighted by Gasteiger charge is -2.23. The van der Waals surface area contributed by atoms with Crippen LogP contribution < -0.4 is 4.74 Å². The van der Waals surface area contributed by atoms with Gasteiger partial charge in [0.1, 0.15) is 18.5 Å². The van der Waals surface area contributed by atoms with Crippen molar-refractivity contribution >= 4 is 0 Å². The standard InChI is InChI=1S/C13H18FNO/c1-11(15-8-7-12(14)9-15)10-16-13-5-3-2-4-6-13/h2-6,11-12H,7-10H2,1H3/t11-,12?/m0/s1. The van der Waals surface area contributed by atoms with Crippen molar-refractivity contribution in [3.8, 4) is 5.75 Å². The molecule has 0 radical (unpaired) electrons. The first kappa shape index (κ1) is 11.4. The van der Waals surface area contributed by atoms with E-state index >= 15 is 0 Å². The molecule has 1 fully saturated rings. The van der Waals surface area contributed by atoms with E-state index in [2.05, 4.69) is 11.8 Å². The van der Waals surface area contributed by atoms with E-state index in [-0.39, 0.29) is 6.04 Å². The first-order chi connectivity index (χ1) is 7.75. The Morgan fingerprint density at radius 2 is 2.19 bits per heavy atom. The van der Waals surface area contributed by atoms with E-state index in [9.17, 15) is 4.39 Å². The molecular formula is C13H18FNO. The smallest absolute Gasteiger partial charge is 0.119 e. The summed E-state index contributed by atoms with van der Waals surface area (Å²) < 4.78 is 18.7. The molecule has 0 bridgehead atoms. The van der Waals surface area contributed by atoms with Gasteiger partial charge in [0, 0.05) is 19.1 Å². The summed E-state index contributed by atoms with van der Waals surface area (Å²) in [5, 5.41) is 0. The van der Waals surface area contributed by atoms with Crippen LogP contribution in [0.15, 0.2) is 30.3 Å². The minimum absolute atomic E-state index is 0.279. The highest BCUT2D eigenvalue weighted by Crippen LogP contribution is 2.16. The predicted octanol–water partition coefficient (Wildman–Crippen LogP) is 2.50. The molecule has 0 aliphatic carbocycles. The molecule has 1 heterocycles. The number of nitrogens with zero attached hydrogens (tertiary/aromatic N) is 1. The first-order valence-corrected chi connectivity index (χ1v) is 5.81. The van der Waals surface area contributed by atoms with Gasteiger partial charge in [-0.1, -0.05) is 18.2 Å². The number of halogens is 1. The Morgan fingerprint density at radius 3 is 2.81 bits per heavy atom. The van der Waals surface area contributed by atoms with E-state index in [0.717, 1.165) is 12.3 Å². The molecule has 2 rings (SSSR count). The third-order valence-electron chi connectivity index (χ3n) is 3.02. The SMILES string of the molecule is C[C@@H](COc1ccccc1)N1CCC(F)C1. The van der Waals surface area contributed by atoms with Gasteiger partial charge >= 0.3 is 0 Å². The number of hydrogen-bond donors (Lipinski definition) is 0. The van der Waals surface area contributed by atoms with Crippen LogP contribution in [-0.4, -0.2) is 36.8 Å². The maximum atomic E-state index is 13.0. The van der Waals surface area contributed by atoms with Crippen LogP contribution in [-0.2, 0) is 0 Å². The van der Waals surface area contributed by atoms with Crippen molar-refractivity contribution in [3.63, 3.8) is 0 Å². The first-order valence-electron chi connectivity index (χ1n) is 5.81. The Balaban J connectivity index is 1.78. The van der Waals surface area contributed by atoms with Gasteiger partial charge < -0.3 is 4.74 Å². The molecule has 88 valence electrons. The highest BCUT2D eigenvalue weighted by Gasteiger charge is 2.25. The molecule has 3 heteroatoms. The normalized spacial score (nSPS) is 23.2. The number of likely N-dealkylation sites (tertiary alicyclic amines) is 1. The van der Waals surface area contributed by atoms with Crippen LogP contribution >= 0.6 is 0 Å². The molecule has 1 aromatic rings. The maximum Gasteiger partial charge on any atom is 0.119 e. The molecule has 0 N–H and O–H groups in total. The summed E-state index contributed by atoms with van der Waals surface area (Å²) in [7, 11) is 0. The minimum Gasteiger partial charge on any atom is -0.492 e. The topological polar surface area (TPSA) is 12.5 Å². The maximum absolute atomic E-state index is 13.0. The summed E-state index contributed by atoms with van der Waals surface area (Å²) in [6.07, 6.45) is 0.00884. The highest BCUT2D eigenvalue weighted by molar-refractivity contribution is 5.20. The van der Waals surface area contributed by atoms with Gasteiger partial charge in [-0.2, -0.15) is 0 Å². The predicted molar refractivity (Wildman–Crippen MR) is 62.5 cm³/mol. The number of benzene rings is 1. The average molecular weight is 223 g/mol. The van der Waals surface area contributed by atoms with E-state index in [1.165, 1.54) is 0 Å². The second-order valence-corrected chi connectivity index (χ2v) is 4.35. The van der Waals surface area contributed by atoms with E-state index < -0.39 is 6.17 Å². The molecule has 2 atom stereocenters. The van der Waals surface area contributed by atoms with Gasteiger partial charge in [-0.25, -0.2) is 4.39 Å². The van der Waals surface area contributed by atoms with E-state index in [0.29, 0.717) is 19.6 Å². The highest BCUT2D eigenvalue weighted by atomic mass is 19.1. The fraction of sp³-hybridized carbons (Fsp3) is 0.538. The molecule has 0 aromatic heterocycles. The third-order valence-corrected chi connectivity index (χ3v) is 3.02. The molecule has 0 spiro atoms. The average Bonchev–Trinajstić information content (AvgIpc) is 2.74. The lowest BCUT2D eigenvalue weighted by atomic mass is 10.3. The van der Waals surface area contributed by atoms with Crippen LogP contribution in [0.5, 0.6) is 5.75 Å². The van der Waals surface area contributed by atoms with Gasteiger partial charge in [-0.15, -0.1) is 0 Å². The quantitative estimate of drug-likeness (QED) is 0.777. The van der Waals surface area contributed by atoms with Crippen molar-refractivity contribution in [2.75, 3.05) is 19.7 Å². The van der Waals surface area contributed by atoms with Crippen molar-refractivity contribution in [1.82, 2.24) is 4.90 Å². The Labute approximate surface area is 96.0 Å². The van der Waals surface area contributed by atoms with Gasteiger partial charge in [0.15, 0.2) is 0 Å². The Bertz CT molecular complexity index is 317. The molecule has 0 amide bonds. The van der Waals surface area contributed by atoms with Crippen LogP contribution in [0.1, 0.15) is 13.3 Å². The third kappa shape index (κ3) is 2.95. The largest absolute Gasteiger partial charge is 0.492 e. The summed E-state index contributed by atoms with van der Waals surface area (Å²) >= 11 is 0. The van der Waals surface area contributed by atoms with Crippen molar-refractivity contribution in [1.29, 1.82) is 0 Å². The summed E-state index contributed by atoms with van der Waals surface area (Å²) in [5.41, 5.74) is 0. The van der Waals surface area contributed by atoms with Crippen molar-refractivity contribution in [2.45, 2.75) is 25.6 Å². The number of para-hydroxylation sites is 1. The summed E-state index contributed by atoms with van der Waals surface area (Å²) in [5.74, 6) is 0.880. The van der Waals surface area contributed by atoms with Gasteiger partial charge in [-0.3, -0.25) is 4.90 Å². The van der Waals surface area contributed by atoms with E-state index in [4.69, 9.17) is 4.74 Å². The van der Waals surface area contributed by atoms with E-state index in [1.807, 2.05) is 30.3 Å². The molecule has 1 aliphatic rings. The second-order valence-electron chi connectivity index (χ2n) is 4.35. The molecule has 1 aliphatic heterocycles. The molecule has 1 saturated heterocycles. The minimum atomic E-state index is -0.654. The Kier molecular flexibility index (Phi) is 3.78. The molecular weight excluding hydrogens is 205 g/mol. The molecule has 16 heavy (non-hydrogen) atoms. The zero-order valence-corrected chi connectivity index (χ0v) is 9.60. The zero-order valence-electron chi connectivity index (χ0n) is 9.60. The van der Waals surface area contributed by atoms with Crippen molar-refractivity contribution in [2.24, 2.45) is 0 Å². The number of hydrogen-bond acceptors (Lipinski definition) is 2. The molecule has 1 aromatic carbocycles. The van der Waals surface area contributed by atoms with Crippen LogP contribution in [0.2, 0.25) is 0 Å². The van der Waals surface area contributed by atoms with Crippen LogP contribution in [0.4, 0.5) is 4.39 Å². The van der Waals surface area contributed by atoms with Gasteiger partial charge in [0.25, 0.3) is 0 Å². The second kappa shape index (κ2) is 5.30. The van der Waals surface area contributed by atoms with Gasteiger partial charge in [-0.05, 0) is 25.5 Å². The Morgan fingerprint density at radius 1 is 1.44 bits per heavy atom. The lowest BCUT2D eigenvalue weighted by molar-refractivity contribution is 0.163. The van der Waals surface area contributed by atoms with Gasteiger partial charge in [0.2, 0.25) is 0 Å². The van der Waals surface area contributed by atoms with Crippen LogP contribution in [0.3, 0.4) is 0 Å².